The van der Waals surface area contributed by atoms with Crippen molar-refractivity contribution in [1.29, 1.82) is 0 Å². The van der Waals surface area contributed by atoms with E-state index >= 15 is 0 Å². The number of hydrogen-bond acceptors (Lipinski definition) is 4. The number of benzene rings is 1. The standard InChI is InChI=1S/C17H26ClNO3/c1-17(13-20)7-4-8-19(12-17)9-15(21)11-22-10-14-5-2-3-6-16(14)18/h2-3,5-6,15,20-21H,4,7-13H2,1H3. The molecule has 2 atom stereocenters. The van der Waals surface area contributed by atoms with Crippen molar-refractivity contribution in [3.63, 3.8) is 0 Å². The predicted molar refractivity (Wildman–Crippen MR) is 88.0 cm³/mol. The second kappa shape index (κ2) is 8.27. The summed E-state index contributed by atoms with van der Waals surface area (Å²) in [7, 11) is 0. The van der Waals surface area contributed by atoms with Crippen molar-refractivity contribution in [2.24, 2.45) is 5.41 Å². The molecule has 124 valence electrons. The molecule has 1 aromatic carbocycles. The number of β-amino-alcohol motifs (C(OH)–C–C–N with tert-alkyl or cyclic N) is 1. The van der Waals surface area contributed by atoms with Crippen molar-refractivity contribution in [1.82, 2.24) is 4.90 Å². The molecule has 1 aromatic rings. The molecule has 1 aliphatic heterocycles. The number of aliphatic hydroxyl groups is 2. The quantitative estimate of drug-likeness (QED) is 0.807. The maximum atomic E-state index is 10.1. The van der Waals surface area contributed by atoms with Gasteiger partial charge in [0.2, 0.25) is 0 Å². The third-order valence-corrected chi connectivity index (χ3v) is 4.61. The zero-order valence-electron chi connectivity index (χ0n) is 13.2. The van der Waals surface area contributed by atoms with Gasteiger partial charge in [-0.25, -0.2) is 0 Å². The van der Waals surface area contributed by atoms with Crippen molar-refractivity contribution in [3.8, 4) is 0 Å². The Kier molecular flexibility index (Phi) is 6.66. The third kappa shape index (κ3) is 5.21. The second-order valence-corrected chi connectivity index (χ2v) is 6.98. The van der Waals surface area contributed by atoms with Crippen molar-refractivity contribution in [3.05, 3.63) is 34.9 Å². The fourth-order valence-electron chi connectivity index (χ4n) is 2.98. The molecule has 1 fully saturated rings. The van der Waals surface area contributed by atoms with Crippen LogP contribution in [0.2, 0.25) is 5.02 Å². The Morgan fingerprint density at radius 2 is 2.18 bits per heavy atom. The van der Waals surface area contributed by atoms with E-state index in [4.69, 9.17) is 16.3 Å². The third-order valence-electron chi connectivity index (χ3n) is 4.24. The lowest BCUT2D eigenvalue weighted by Gasteiger charge is -2.40. The van der Waals surface area contributed by atoms with Crippen LogP contribution in [0, 0.1) is 5.41 Å². The van der Waals surface area contributed by atoms with Crippen LogP contribution in [-0.2, 0) is 11.3 Å². The summed E-state index contributed by atoms with van der Waals surface area (Å²) in [6.07, 6.45) is 1.58. The highest BCUT2D eigenvalue weighted by Gasteiger charge is 2.30. The van der Waals surface area contributed by atoms with Gasteiger partial charge in [-0.05, 0) is 31.0 Å². The maximum Gasteiger partial charge on any atom is 0.0900 e. The Morgan fingerprint density at radius 3 is 2.91 bits per heavy atom. The number of halogens is 1. The monoisotopic (exact) mass is 327 g/mol. The molecular weight excluding hydrogens is 302 g/mol. The summed E-state index contributed by atoms with van der Waals surface area (Å²) in [5.41, 5.74) is 0.887. The van der Waals surface area contributed by atoms with E-state index in [2.05, 4.69) is 11.8 Å². The lowest BCUT2D eigenvalue weighted by atomic mass is 9.83. The summed E-state index contributed by atoms with van der Waals surface area (Å²) in [6, 6.07) is 7.56. The van der Waals surface area contributed by atoms with Crippen LogP contribution >= 0.6 is 11.6 Å². The number of nitrogens with zero attached hydrogens (tertiary/aromatic N) is 1. The van der Waals surface area contributed by atoms with Crippen LogP contribution in [0.4, 0.5) is 0 Å². The van der Waals surface area contributed by atoms with Gasteiger partial charge in [0.1, 0.15) is 0 Å². The van der Waals surface area contributed by atoms with Crippen molar-refractivity contribution >= 4 is 11.6 Å². The molecule has 1 aliphatic rings. The minimum Gasteiger partial charge on any atom is -0.396 e. The minimum absolute atomic E-state index is 0.0452. The number of ether oxygens (including phenoxy) is 1. The highest BCUT2D eigenvalue weighted by molar-refractivity contribution is 6.31. The molecule has 22 heavy (non-hydrogen) atoms. The van der Waals surface area contributed by atoms with Crippen LogP contribution in [0.5, 0.6) is 0 Å². The fraction of sp³-hybridized carbons (Fsp3) is 0.647. The van der Waals surface area contributed by atoms with Crippen LogP contribution < -0.4 is 0 Å². The first-order valence-corrected chi connectivity index (χ1v) is 8.23. The summed E-state index contributed by atoms with van der Waals surface area (Å²) in [4.78, 5) is 2.21. The van der Waals surface area contributed by atoms with Gasteiger partial charge in [-0.15, -0.1) is 0 Å². The van der Waals surface area contributed by atoms with Gasteiger partial charge in [-0.2, -0.15) is 0 Å². The molecule has 1 saturated heterocycles. The number of aliphatic hydroxyl groups excluding tert-OH is 2. The fourth-order valence-corrected chi connectivity index (χ4v) is 3.17. The van der Waals surface area contributed by atoms with Gasteiger partial charge in [0.05, 0.1) is 19.3 Å². The first-order valence-electron chi connectivity index (χ1n) is 7.85. The van der Waals surface area contributed by atoms with Crippen molar-refractivity contribution in [2.45, 2.75) is 32.5 Å². The van der Waals surface area contributed by atoms with E-state index in [1.807, 2.05) is 24.3 Å². The average molecular weight is 328 g/mol. The lowest BCUT2D eigenvalue weighted by Crippen LogP contribution is -2.47. The Labute approximate surface area is 137 Å². The lowest BCUT2D eigenvalue weighted by molar-refractivity contribution is -0.0147. The van der Waals surface area contributed by atoms with Crippen LogP contribution in [0.15, 0.2) is 24.3 Å². The average Bonchev–Trinajstić information content (AvgIpc) is 2.49. The molecule has 0 spiro atoms. The minimum atomic E-state index is -0.525. The highest BCUT2D eigenvalue weighted by atomic mass is 35.5. The number of piperidine rings is 1. The molecule has 0 aromatic heterocycles. The molecule has 0 bridgehead atoms. The smallest absolute Gasteiger partial charge is 0.0900 e. The van der Waals surface area contributed by atoms with E-state index in [-0.39, 0.29) is 18.6 Å². The Hall–Kier alpha value is -0.650. The van der Waals surface area contributed by atoms with E-state index in [1.54, 1.807) is 0 Å². The van der Waals surface area contributed by atoms with Gasteiger partial charge in [-0.1, -0.05) is 36.7 Å². The molecule has 4 nitrogen and oxygen atoms in total. The summed E-state index contributed by atoms with van der Waals surface area (Å²) >= 11 is 6.07. The van der Waals surface area contributed by atoms with Gasteiger partial charge in [-0.3, -0.25) is 0 Å². The molecule has 2 rings (SSSR count). The van der Waals surface area contributed by atoms with E-state index in [0.29, 0.717) is 18.2 Å². The molecule has 1 heterocycles. The Bertz CT molecular complexity index is 471. The SMILES string of the molecule is CC1(CO)CCCN(CC(O)COCc2ccccc2Cl)C1. The first kappa shape index (κ1) is 17.7. The highest BCUT2D eigenvalue weighted by Crippen LogP contribution is 2.28. The Morgan fingerprint density at radius 1 is 1.41 bits per heavy atom. The van der Waals surface area contributed by atoms with Gasteiger partial charge in [0.15, 0.2) is 0 Å². The second-order valence-electron chi connectivity index (χ2n) is 6.57. The van der Waals surface area contributed by atoms with E-state index < -0.39 is 6.10 Å². The van der Waals surface area contributed by atoms with Crippen molar-refractivity contribution in [2.75, 3.05) is 32.8 Å². The maximum absolute atomic E-state index is 10.1. The zero-order chi connectivity index (χ0) is 16.0. The van der Waals surface area contributed by atoms with Crippen LogP contribution in [0.3, 0.4) is 0 Å². The van der Waals surface area contributed by atoms with E-state index in [0.717, 1.165) is 31.5 Å². The van der Waals surface area contributed by atoms with Gasteiger partial charge in [0.25, 0.3) is 0 Å². The summed E-state index contributed by atoms with van der Waals surface area (Å²) in [5.74, 6) is 0. The molecule has 5 heteroatoms. The predicted octanol–water partition coefficient (Wildman–Crippen LogP) is 2.31. The largest absolute Gasteiger partial charge is 0.396 e. The molecule has 0 saturated carbocycles. The Balaban J connectivity index is 1.72. The number of hydrogen-bond donors (Lipinski definition) is 2. The first-order chi connectivity index (χ1) is 10.5. The summed E-state index contributed by atoms with van der Waals surface area (Å²) in [5, 5.41) is 20.3. The van der Waals surface area contributed by atoms with Crippen LogP contribution in [-0.4, -0.2) is 54.1 Å². The van der Waals surface area contributed by atoms with Gasteiger partial charge in [0, 0.05) is 30.1 Å². The van der Waals surface area contributed by atoms with E-state index in [9.17, 15) is 10.2 Å². The molecule has 0 radical (unpaired) electrons. The molecule has 2 unspecified atom stereocenters. The molecule has 2 N–H and O–H groups in total. The molecular formula is C17H26ClNO3. The number of rotatable bonds is 7. The van der Waals surface area contributed by atoms with E-state index in [1.165, 1.54) is 0 Å². The van der Waals surface area contributed by atoms with Gasteiger partial charge < -0.3 is 19.8 Å². The normalized spacial score (nSPS) is 24.4. The summed E-state index contributed by atoms with van der Waals surface area (Å²) in [6.45, 7) is 5.37. The van der Waals surface area contributed by atoms with Gasteiger partial charge >= 0.3 is 0 Å². The molecule has 0 amide bonds. The summed E-state index contributed by atoms with van der Waals surface area (Å²) < 4.78 is 5.57. The van der Waals surface area contributed by atoms with Crippen molar-refractivity contribution < 1.29 is 14.9 Å². The van der Waals surface area contributed by atoms with Crippen LogP contribution in [0.25, 0.3) is 0 Å². The number of likely N-dealkylation sites (tertiary alicyclic amines) is 1. The molecule has 0 aliphatic carbocycles. The van der Waals surface area contributed by atoms with Crippen LogP contribution in [0.1, 0.15) is 25.3 Å². The topological polar surface area (TPSA) is 52.9 Å². The zero-order valence-corrected chi connectivity index (χ0v) is 13.9.